The first kappa shape index (κ1) is 10.9. The second-order valence-corrected chi connectivity index (χ2v) is 4.29. The summed E-state index contributed by atoms with van der Waals surface area (Å²) in [7, 11) is 0. The fourth-order valence-corrected chi connectivity index (χ4v) is 2.12. The lowest BCUT2D eigenvalue weighted by Gasteiger charge is -2.06. The molecular formula is C13H13N3O2. The third-order valence-electron chi connectivity index (χ3n) is 3.02. The van der Waals surface area contributed by atoms with Gasteiger partial charge in [-0.25, -0.2) is 0 Å². The molecule has 0 aliphatic carbocycles. The van der Waals surface area contributed by atoms with Crippen molar-refractivity contribution in [2.24, 2.45) is 5.73 Å². The van der Waals surface area contributed by atoms with E-state index in [0.717, 1.165) is 16.5 Å². The fourth-order valence-electron chi connectivity index (χ4n) is 2.12. The number of nitrogens with one attached hydrogen (secondary N) is 2. The zero-order valence-electron chi connectivity index (χ0n) is 9.64. The molecule has 0 radical (unpaired) electrons. The summed E-state index contributed by atoms with van der Waals surface area (Å²) in [6.07, 6.45) is 2.56. The Balaban J connectivity index is 1.90. The van der Waals surface area contributed by atoms with Crippen molar-refractivity contribution in [2.45, 2.75) is 12.5 Å². The predicted octanol–water partition coefficient (Wildman–Crippen LogP) is 1.69. The number of rotatable bonds is 3. The van der Waals surface area contributed by atoms with Gasteiger partial charge in [0.1, 0.15) is 0 Å². The van der Waals surface area contributed by atoms with Crippen LogP contribution in [0.1, 0.15) is 17.4 Å². The van der Waals surface area contributed by atoms with Crippen molar-refractivity contribution >= 4 is 10.9 Å². The summed E-state index contributed by atoms with van der Waals surface area (Å²) < 4.78 is 5.01. The van der Waals surface area contributed by atoms with Crippen molar-refractivity contribution in [3.8, 4) is 0 Å². The summed E-state index contributed by atoms with van der Waals surface area (Å²) in [5, 5.41) is 3.39. The Kier molecular flexibility index (Phi) is 2.53. The average molecular weight is 243 g/mol. The molecule has 0 amide bonds. The molecule has 0 aliphatic rings. The smallest absolute Gasteiger partial charge is 0.280 e. The number of nitrogens with two attached hydrogens (primary N) is 1. The van der Waals surface area contributed by atoms with Crippen molar-refractivity contribution in [2.75, 3.05) is 0 Å². The van der Waals surface area contributed by atoms with Gasteiger partial charge in [0, 0.05) is 23.2 Å². The molecule has 0 saturated carbocycles. The van der Waals surface area contributed by atoms with E-state index in [1.54, 1.807) is 0 Å². The Labute approximate surface area is 103 Å². The number of H-pyrrole nitrogens is 2. The summed E-state index contributed by atoms with van der Waals surface area (Å²) in [6, 6.07) is 9.08. The summed E-state index contributed by atoms with van der Waals surface area (Å²) in [6.45, 7) is 0. The van der Waals surface area contributed by atoms with Gasteiger partial charge in [0.05, 0.1) is 6.04 Å². The zero-order valence-corrected chi connectivity index (χ0v) is 9.64. The number of hydrogen-bond acceptors (Lipinski definition) is 3. The third kappa shape index (κ3) is 1.84. The van der Waals surface area contributed by atoms with Crippen LogP contribution < -0.4 is 11.3 Å². The Hall–Kier alpha value is -2.27. The molecule has 3 aromatic rings. The van der Waals surface area contributed by atoms with Crippen LogP contribution in [0.2, 0.25) is 0 Å². The van der Waals surface area contributed by atoms with Crippen LogP contribution >= 0.6 is 0 Å². The number of aromatic nitrogens is 2. The van der Waals surface area contributed by atoms with Crippen molar-refractivity contribution in [3.05, 3.63) is 58.2 Å². The van der Waals surface area contributed by atoms with Crippen molar-refractivity contribution in [1.29, 1.82) is 0 Å². The quantitative estimate of drug-likeness (QED) is 0.654. The van der Waals surface area contributed by atoms with E-state index in [9.17, 15) is 4.79 Å². The zero-order chi connectivity index (χ0) is 12.5. The normalized spacial score (nSPS) is 12.9. The van der Waals surface area contributed by atoms with Gasteiger partial charge in [-0.3, -0.25) is 4.79 Å². The van der Waals surface area contributed by atoms with Crippen LogP contribution in [0.25, 0.3) is 10.9 Å². The van der Waals surface area contributed by atoms with E-state index in [2.05, 4.69) is 10.1 Å². The maximum Gasteiger partial charge on any atom is 0.280 e. The van der Waals surface area contributed by atoms with Crippen LogP contribution in [0.5, 0.6) is 0 Å². The number of benzene rings is 1. The highest BCUT2D eigenvalue weighted by Gasteiger charge is 2.14. The molecular weight excluding hydrogens is 230 g/mol. The van der Waals surface area contributed by atoms with Crippen molar-refractivity contribution in [1.82, 2.24) is 10.1 Å². The highest BCUT2D eigenvalue weighted by Crippen LogP contribution is 2.22. The Morgan fingerprint density at radius 2 is 2.17 bits per heavy atom. The summed E-state index contributed by atoms with van der Waals surface area (Å²) >= 11 is 0. The first-order chi connectivity index (χ1) is 8.74. The maximum atomic E-state index is 11.0. The molecule has 92 valence electrons. The van der Waals surface area contributed by atoms with Crippen LogP contribution in [0, 0.1) is 0 Å². The molecule has 0 spiro atoms. The molecule has 5 nitrogen and oxygen atoms in total. The van der Waals surface area contributed by atoms with Crippen LogP contribution in [-0.2, 0) is 6.42 Å². The van der Waals surface area contributed by atoms with Gasteiger partial charge >= 0.3 is 0 Å². The monoisotopic (exact) mass is 243 g/mol. The number of hydrogen-bond donors (Lipinski definition) is 3. The molecule has 3 rings (SSSR count). The molecule has 0 bridgehead atoms. The minimum atomic E-state index is -0.330. The standard InChI is InChI=1S/C13H13N3O2/c14-10(12-6-13(17)16-18-12)5-8-7-15-11-4-2-1-3-9(8)11/h1-4,6-7,10,15H,5,14H2,(H,16,17)/t10-/m0/s1. The van der Waals surface area contributed by atoms with Crippen LogP contribution in [0.3, 0.4) is 0 Å². The molecule has 0 unspecified atom stereocenters. The lowest BCUT2D eigenvalue weighted by molar-refractivity contribution is 0.357. The van der Waals surface area contributed by atoms with E-state index < -0.39 is 0 Å². The molecule has 1 aromatic carbocycles. The second-order valence-electron chi connectivity index (χ2n) is 4.29. The average Bonchev–Trinajstić information content (AvgIpc) is 2.97. The van der Waals surface area contributed by atoms with E-state index in [-0.39, 0.29) is 11.6 Å². The summed E-state index contributed by atoms with van der Waals surface area (Å²) in [5.41, 5.74) is 7.95. The fraction of sp³-hybridized carbons (Fsp3) is 0.154. The Morgan fingerprint density at radius 1 is 1.33 bits per heavy atom. The van der Waals surface area contributed by atoms with E-state index in [0.29, 0.717) is 12.2 Å². The van der Waals surface area contributed by atoms with Crippen LogP contribution in [0.4, 0.5) is 0 Å². The van der Waals surface area contributed by atoms with Gasteiger partial charge in [0.25, 0.3) is 5.56 Å². The van der Waals surface area contributed by atoms with E-state index in [1.165, 1.54) is 6.07 Å². The molecule has 0 saturated heterocycles. The lowest BCUT2D eigenvalue weighted by Crippen LogP contribution is -2.12. The van der Waals surface area contributed by atoms with Gasteiger partial charge in [-0.15, -0.1) is 0 Å². The third-order valence-corrected chi connectivity index (χ3v) is 3.02. The van der Waals surface area contributed by atoms with E-state index >= 15 is 0 Å². The van der Waals surface area contributed by atoms with Crippen molar-refractivity contribution in [3.63, 3.8) is 0 Å². The maximum absolute atomic E-state index is 11.0. The molecule has 18 heavy (non-hydrogen) atoms. The van der Waals surface area contributed by atoms with E-state index in [4.69, 9.17) is 10.3 Å². The van der Waals surface area contributed by atoms with Crippen molar-refractivity contribution < 1.29 is 4.52 Å². The highest BCUT2D eigenvalue weighted by molar-refractivity contribution is 5.83. The first-order valence-corrected chi connectivity index (χ1v) is 5.73. The summed E-state index contributed by atoms with van der Waals surface area (Å²) in [4.78, 5) is 14.2. The van der Waals surface area contributed by atoms with Gasteiger partial charge in [-0.05, 0) is 18.1 Å². The first-order valence-electron chi connectivity index (χ1n) is 5.73. The van der Waals surface area contributed by atoms with Crippen LogP contribution in [0.15, 0.2) is 45.8 Å². The van der Waals surface area contributed by atoms with Gasteiger partial charge in [0.2, 0.25) is 0 Å². The molecule has 1 atom stereocenters. The molecule has 0 aliphatic heterocycles. The topological polar surface area (TPSA) is 87.8 Å². The Morgan fingerprint density at radius 3 is 2.94 bits per heavy atom. The molecule has 2 heterocycles. The number of para-hydroxylation sites is 1. The minimum absolute atomic E-state index is 0.264. The molecule has 2 aromatic heterocycles. The highest BCUT2D eigenvalue weighted by atomic mass is 16.5. The second kappa shape index (κ2) is 4.19. The van der Waals surface area contributed by atoms with Crippen LogP contribution in [-0.4, -0.2) is 10.1 Å². The van der Waals surface area contributed by atoms with Gasteiger partial charge in [-0.2, -0.15) is 5.16 Å². The lowest BCUT2D eigenvalue weighted by atomic mass is 10.0. The number of aromatic amines is 2. The molecule has 4 N–H and O–H groups in total. The SMILES string of the molecule is N[C@@H](Cc1c[nH]c2ccccc12)c1cc(=O)[nH]o1. The minimum Gasteiger partial charge on any atom is -0.382 e. The molecule has 5 heteroatoms. The Bertz CT molecular complexity index is 723. The van der Waals surface area contributed by atoms with Gasteiger partial charge < -0.3 is 15.2 Å². The van der Waals surface area contributed by atoms with Gasteiger partial charge in [-0.1, -0.05) is 18.2 Å². The predicted molar refractivity (Wildman–Crippen MR) is 68.3 cm³/mol. The molecule has 0 fully saturated rings. The number of fused-ring (bicyclic) bond motifs is 1. The van der Waals surface area contributed by atoms with E-state index in [1.807, 2.05) is 30.5 Å². The van der Waals surface area contributed by atoms with Gasteiger partial charge in [0.15, 0.2) is 5.76 Å². The largest absolute Gasteiger partial charge is 0.382 e. The summed E-state index contributed by atoms with van der Waals surface area (Å²) in [5.74, 6) is 0.477.